The fourth-order valence-corrected chi connectivity index (χ4v) is 10.3. The molecule has 80 heavy (non-hydrogen) atoms. The smallest absolute Gasteiger partial charge is 0.457 e. The van der Waals surface area contributed by atoms with E-state index in [1.165, 1.54) is 6.92 Å². The lowest BCUT2D eigenvalue weighted by Gasteiger charge is -2.36. The Morgan fingerprint density at radius 3 is 1.93 bits per heavy atom. The number of nitrogens with zero attached hydrogens (tertiary/aromatic N) is 8. The van der Waals surface area contributed by atoms with Gasteiger partial charge in [-0.25, -0.2) is 28.9 Å². The number of hydrogen-bond acceptors (Lipinski definition) is 21. The fraction of sp³-hybridized carbons (Fsp3) is 0.339. The first-order valence-electron chi connectivity index (χ1n) is 25.9. The van der Waals surface area contributed by atoms with Gasteiger partial charge in [0, 0.05) is 31.9 Å². The van der Waals surface area contributed by atoms with Crippen molar-refractivity contribution in [2.75, 3.05) is 19.8 Å². The van der Waals surface area contributed by atoms with Crippen LogP contribution in [0.4, 0.5) is 4.79 Å². The molecule has 7 aromatic rings. The standard InChI is InChI=1S/C56H59ClN8O15/c1-3-4-26-47-58-52(57)49(54(67)76-36(2)77-55(68)79-46-35-74-50-45(34-73-51(46)50)78-48(66)27-16-23-42(80-65(71)72)33-75-64(69)70)62(47)32-37-28-30-38(31-29-37)43-24-14-15-25-44(43)53-59-60-61-63(53)56(39-17-8-5-9-18-39,40-19-10-6-11-20-40)41-21-12-7-13-22-41/h5-15,17-22,24-25,28-31,36,42,45-46,50-51,69-72H,3-4,16,23,26-27,32-35H2,1-2H3/t36?,42?,45-,46-,50-,51-/m1/s1. The van der Waals surface area contributed by atoms with Crippen LogP contribution in [0.5, 0.6) is 0 Å². The number of imidazole rings is 1. The predicted octanol–water partition coefficient (Wildman–Crippen LogP) is 8.39. The Bertz CT molecular complexity index is 3060. The summed E-state index contributed by atoms with van der Waals surface area (Å²) in [5.41, 5.74) is 5.31. The van der Waals surface area contributed by atoms with Crippen LogP contribution in [0, 0.1) is 0 Å². The van der Waals surface area contributed by atoms with Crippen molar-refractivity contribution in [3.63, 3.8) is 0 Å². The van der Waals surface area contributed by atoms with Gasteiger partial charge in [0.15, 0.2) is 28.9 Å². The van der Waals surface area contributed by atoms with Crippen LogP contribution in [0.3, 0.4) is 0 Å². The molecule has 24 heteroatoms. The second-order valence-corrected chi connectivity index (χ2v) is 19.2. The minimum atomic E-state index is -1.44. The number of aromatic nitrogens is 6. The maximum Gasteiger partial charge on any atom is 0.511 e. The second kappa shape index (κ2) is 26.6. The van der Waals surface area contributed by atoms with E-state index in [0.717, 1.165) is 51.8 Å². The van der Waals surface area contributed by atoms with E-state index in [1.807, 2.05) is 115 Å². The molecule has 0 saturated carbocycles. The zero-order chi connectivity index (χ0) is 56.2. The van der Waals surface area contributed by atoms with E-state index in [9.17, 15) is 14.4 Å². The maximum atomic E-state index is 14.0. The first-order valence-corrected chi connectivity index (χ1v) is 26.3. The second-order valence-electron chi connectivity index (χ2n) is 18.9. The zero-order valence-electron chi connectivity index (χ0n) is 43.5. The van der Waals surface area contributed by atoms with Crippen molar-refractivity contribution >= 4 is 29.7 Å². The van der Waals surface area contributed by atoms with Gasteiger partial charge in [0.25, 0.3) is 0 Å². The fourth-order valence-electron chi connectivity index (χ4n) is 10.0. The van der Waals surface area contributed by atoms with Crippen molar-refractivity contribution in [2.45, 2.75) is 101 Å². The number of fused-ring (bicyclic) bond motifs is 1. The van der Waals surface area contributed by atoms with Gasteiger partial charge in [-0.15, -0.1) is 5.10 Å². The van der Waals surface area contributed by atoms with Gasteiger partial charge in [0.2, 0.25) is 6.29 Å². The molecule has 9 rings (SSSR count). The molecule has 2 unspecified atom stereocenters. The van der Waals surface area contributed by atoms with Gasteiger partial charge < -0.3 is 33.0 Å². The number of carbonyl (C=O) groups excluding carboxylic acids is 3. The molecular formula is C56H59ClN8O15. The van der Waals surface area contributed by atoms with Gasteiger partial charge in [-0.1, -0.05) is 164 Å². The van der Waals surface area contributed by atoms with E-state index in [0.29, 0.717) is 18.1 Å². The molecule has 2 saturated heterocycles. The zero-order valence-corrected chi connectivity index (χ0v) is 44.3. The van der Waals surface area contributed by atoms with Crippen LogP contribution in [0.1, 0.15) is 84.5 Å². The van der Waals surface area contributed by atoms with Gasteiger partial charge in [-0.05, 0) is 63.1 Å². The number of unbranched alkanes of at least 4 members (excludes halogenated alkanes) is 1. The van der Waals surface area contributed by atoms with Crippen LogP contribution in [-0.2, 0) is 61.4 Å². The van der Waals surface area contributed by atoms with E-state index in [-0.39, 0.29) is 49.9 Å². The summed E-state index contributed by atoms with van der Waals surface area (Å²) in [5, 5.41) is 48.0. The minimum absolute atomic E-state index is 0.0228. The van der Waals surface area contributed by atoms with Crippen LogP contribution >= 0.6 is 11.6 Å². The van der Waals surface area contributed by atoms with Crippen LogP contribution in [0.15, 0.2) is 140 Å². The topological polar surface area (TPSA) is 274 Å². The Kier molecular flexibility index (Phi) is 19.0. The van der Waals surface area contributed by atoms with Crippen molar-refractivity contribution in [3.05, 3.63) is 178 Å². The highest BCUT2D eigenvalue weighted by Crippen LogP contribution is 2.43. The number of tetrazole rings is 1. The Balaban J connectivity index is 0.858. The Morgan fingerprint density at radius 1 is 0.750 bits per heavy atom. The lowest BCUT2D eigenvalue weighted by atomic mass is 9.77. The molecule has 4 N–H and O–H groups in total. The highest BCUT2D eigenvalue weighted by molar-refractivity contribution is 6.32. The number of esters is 2. The molecule has 23 nitrogen and oxygen atoms in total. The number of rotatable bonds is 25. The predicted molar refractivity (Wildman–Crippen MR) is 279 cm³/mol. The number of benzene rings is 5. The van der Waals surface area contributed by atoms with Gasteiger partial charge in [0.05, 0.1) is 24.0 Å². The number of hydrogen-bond donors (Lipinski definition) is 4. The average Bonchev–Trinajstić information content (AvgIpc) is 4.36. The highest BCUT2D eigenvalue weighted by Gasteiger charge is 2.51. The summed E-state index contributed by atoms with van der Waals surface area (Å²) < 4.78 is 37.2. The molecule has 0 aliphatic carbocycles. The highest BCUT2D eigenvalue weighted by atomic mass is 35.5. The number of carbonyl (C=O) groups is 3. The van der Waals surface area contributed by atoms with Crippen molar-refractivity contribution in [1.29, 1.82) is 0 Å². The Hall–Kier alpha value is -7.52. The molecule has 420 valence electrons. The molecular weight excluding hydrogens is 1060 g/mol. The molecule has 2 fully saturated rings. The van der Waals surface area contributed by atoms with Crippen LogP contribution in [0.2, 0.25) is 5.15 Å². The minimum Gasteiger partial charge on any atom is -0.457 e. The van der Waals surface area contributed by atoms with Crippen molar-refractivity contribution in [3.8, 4) is 22.5 Å². The maximum absolute atomic E-state index is 14.0. The molecule has 2 aliphatic rings. The third kappa shape index (κ3) is 13.2. The molecule has 5 aromatic carbocycles. The average molecular weight is 1120 g/mol. The van der Waals surface area contributed by atoms with Crippen molar-refractivity contribution < 1.29 is 73.3 Å². The summed E-state index contributed by atoms with van der Waals surface area (Å²) in [6.45, 7) is 2.92. The van der Waals surface area contributed by atoms with E-state index in [4.69, 9.17) is 71.2 Å². The van der Waals surface area contributed by atoms with E-state index >= 15 is 0 Å². The third-order valence-corrected chi connectivity index (χ3v) is 13.9. The molecule has 2 aromatic heterocycles. The van der Waals surface area contributed by atoms with Crippen LogP contribution in [-0.4, -0.2) is 136 Å². The SMILES string of the molecule is CCCCc1nc(Cl)c(C(=O)OC(C)OC(=O)O[C@@H]2CO[C@H]3[C@@H]2OC[C@H]3OC(=O)CCCC(CON(O)O)ON(O)O)n1Cc1ccc(-c2ccccc2-c2nnnn2C(c2ccccc2)(c2ccccc2)c2ccccc2)cc1. The molecule has 0 radical (unpaired) electrons. The van der Waals surface area contributed by atoms with E-state index in [2.05, 4.69) is 56.3 Å². The molecule has 0 spiro atoms. The third-order valence-electron chi connectivity index (χ3n) is 13.6. The molecule has 0 amide bonds. The van der Waals surface area contributed by atoms with Crippen molar-refractivity contribution in [2.24, 2.45) is 0 Å². The van der Waals surface area contributed by atoms with Gasteiger partial charge in [-0.2, -0.15) is 0 Å². The lowest BCUT2D eigenvalue weighted by Crippen LogP contribution is -2.39. The number of ether oxygens (including phenoxy) is 6. The van der Waals surface area contributed by atoms with Crippen molar-refractivity contribution in [1.82, 2.24) is 40.5 Å². The molecule has 2 aliphatic heterocycles. The van der Waals surface area contributed by atoms with Gasteiger partial charge in [0.1, 0.15) is 36.3 Å². The van der Waals surface area contributed by atoms with Gasteiger partial charge in [-0.3, -0.25) is 25.6 Å². The Morgan fingerprint density at radius 2 is 1.34 bits per heavy atom. The molecule has 4 heterocycles. The van der Waals surface area contributed by atoms with Gasteiger partial charge >= 0.3 is 18.1 Å². The summed E-state index contributed by atoms with van der Waals surface area (Å²) in [6, 6.07) is 46.5. The first-order chi connectivity index (χ1) is 38.8. The van der Waals surface area contributed by atoms with Crippen LogP contribution in [0.25, 0.3) is 22.5 Å². The summed E-state index contributed by atoms with van der Waals surface area (Å²) >= 11 is 6.71. The quantitative estimate of drug-likeness (QED) is 0.0137. The largest absolute Gasteiger partial charge is 0.511 e. The monoisotopic (exact) mass is 1120 g/mol. The summed E-state index contributed by atoms with van der Waals surface area (Å²) in [7, 11) is 0. The summed E-state index contributed by atoms with van der Waals surface area (Å²) in [6.07, 6.45) is -4.93. The number of aryl methyl sites for hydroxylation is 1. The Labute approximate surface area is 464 Å². The normalized spacial score (nSPS) is 17.8. The molecule has 0 bridgehead atoms. The number of halogens is 1. The first kappa shape index (κ1) is 57.2. The summed E-state index contributed by atoms with van der Waals surface area (Å²) in [5.74, 6) is -0.412. The molecule has 6 atom stereocenters. The van der Waals surface area contributed by atoms with E-state index < -0.39 is 77.8 Å². The summed E-state index contributed by atoms with van der Waals surface area (Å²) in [4.78, 5) is 53.4. The van der Waals surface area contributed by atoms with E-state index in [1.54, 1.807) is 4.57 Å². The van der Waals surface area contributed by atoms with Crippen LogP contribution < -0.4 is 0 Å². The lowest BCUT2D eigenvalue weighted by molar-refractivity contribution is -0.527.